The van der Waals surface area contributed by atoms with Crippen LogP contribution in [0.2, 0.25) is 0 Å². The van der Waals surface area contributed by atoms with E-state index >= 15 is 0 Å². The number of benzene rings is 1. The maximum Gasteiger partial charge on any atom is 0.160 e. The summed E-state index contributed by atoms with van der Waals surface area (Å²) < 4.78 is 16.5. The zero-order valence-corrected chi connectivity index (χ0v) is 16.8. The number of hydrogen-bond acceptors (Lipinski definition) is 4. The number of nitrogens with one attached hydrogen (secondary N) is 1. The Bertz CT molecular complexity index is 696. The molecule has 2 rings (SSSR count). The fourth-order valence-electron chi connectivity index (χ4n) is 2.10. The summed E-state index contributed by atoms with van der Waals surface area (Å²) >= 11 is 3.63. The van der Waals surface area contributed by atoms with Crippen molar-refractivity contribution in [2.45, 2.75) is 38.0 Å². The minimum atomic E-state index is -1.26. The molecule has 23 heavy (non-hydrogen) atoms. The molecule has 0 bridgehead atoms. The van der Waals surface area contributed by atoms with Crippen LogP contribution >= 0.6 is 27.3 Å². The zero-order chi connectivity index (χ0) is 17.3. The molecule has 0 fully saturated rings. The molecule has 1 N–H and O–H groups in total. The van der Waals surface area contributed by atoms with E-state index in [-0.39, 0.29) is 0 Å². The predicted octanol–water partition coefficient (Wildman–Crippen LogP) is 4.64. The third-order valence-corrected chi connectivity index (χ3v) is 6.63. The highest BCUT2D eigenvalue weighted by Crippen LogP contribution is 2.35. The third-order valence-electron chi connectivity index (χ3n) is 3.57. The van der Waals surface area contributed by atoms with Gasteiger partial charge in [-0.15, -0.1) is 16.1 Å². The maximum absolute atomic E-state index is 12.7. The molecule has 1 heterocycles. The van der Waals surface area contributed by atoms with Gasteiger partial charge in [0.1, 0.15) is 10.3 Å². The molecule has 0 aliphatic heterocycles. The molecular formula is C17H20BrNO2S2. The van der Waals surface area contributed by atoms with Crippen LogP contribution in [0.1, 0.15) is 48.5 Å². The molecule has 124 valence electrons. The first kappa shape index (κ1) is 18.7. The molecule has 1 aromatic carbocycles. The fourth-order valence-corrected chi connectivity index (χ4v) is 4.23. The Morgan fingerprint density at radius 1 is 1.22 bits per heavy atom. The van der Waals surface area contributed by atoms with Crippen molar-refractivity contribution < 1.29 is 9.35 Å². The largest absolute Gasteiger partial charge is 0.598 e. The molecule has 0 aliphatic carbocycles. The zero-order valence-electron chi connectivity index (χ0n) is 13.6. The Hall–Kier alpha value is -0.660. The van der Waals surface area contributed by atoms with Gasteiger partial charge in [0.15, 0.2) is 6.29 Å². The van der Waals surface area contributed by atoms with Crippen molar-refractivity contribution in [3.8, 4) is 0 Å². The summed E-state index contributed by atoms with van der Waals surface area (Å²) in [4.78, 5) is 11.7. The van der Waals surface area contributed by atoms with E-state index in [1.54, 1.807) is 0 Å². The molecule has 2 atom stereocenters. The minimum absolute atomic E-state index is 0.392. The van der Waals surface area contributed by atoms with E-state index in [2.05, 4.69) is 20.7 Å². The van der Waals surface area contributed by atoms with Gasteiger partial charge in [-0.1, -0.05) is 28.1 Å². The van der Waals surface area contributed by atoms with Crippen LogP contribution in [0.15, 0.2) is 40.2 Å². The average molecular weight is 414 g/mol. The van der Waals surface area contributed by atoms with Crippen LogP contribution in [-0.2, 0) is 16.9 Å². The van der Waals surface area contributed by atoms with Crippen molar-refractivity contribution in [1.82, 2.24) is 4.72 Å². The van der Waals surface area contributed by atoms with Crippen LogP contribution in [0, 0.1) is 0 Å². The van der Waals surface area contributed by atoms with Gasteiger partial charge in [0.05, 0.1) is 4.88 Å². The lowest BCUT2D eigenvalue weighted by atomic mass is 9.87. The maximum atomic E-state index is 12.7. The standard InChI is InChI=1S/C17H20BrNO2S2/c1-16(2,3)23(21)19-17(4,12-6-5-7-14(18)8-12)13-9-15(10-20)22-11-13/h5-11,19H,1-4H3/t17-,23-/m0/s1. The summed E-state index contributed by atoms with van der Waals surface area (Å²) in [5, 5.41) is 1.94. The number of halogens is 1. The Morgan fingerprint density at radius 3 is 2.43 bits per heavy atom. The van der Waals surface area contributed by atoms with E-state index in [1.165, 1.54) is 11.3 Å². The first-order valence-electron chi connectivity index (χ1n) is 7.17. The van der Waals surface area contributed by atoms with Crippen molar-refractivity contribution in [2.24, 2.45) is 0 Å². The van der Waals surface area contributed by atoms with Gasteiger partial charge in [-0.25, -0.2) is 0 Å². The molecule has 0 unspecified atom stereocenters. The van der Waals surface area contributed by atoms with Gasteiger partial charge in [-0.05, 0) is 62.4 Å². The summed E-state index contributed by atoms with van der Waals surface area (Å²) in [7, 11) is 0. The highest BCUT2D eigenvalue weighted by atomic mass is 79.9. The Labute approximate surface area is 152 Å². The number of rotatable bonds is 5. The second-order valence-electron chi connectivity index (χ2n) is 6.47. The highest BCUT2D eigenvalue weighted by Gasteiger charge is 2.39. The smallest absolute Gasteiger partial charge is 0.160 e. The average Bonchev–Trinajstić information content (AvgIpc) is 2.95. The van der Waals surface area contributed by atoms with Crippen LogP contribution in [-0.4, -0.2) is 15.6 Å². The van der Waals surface area contributed by atoms with Crippen molar-refractivity contribution in [1.29, 1.82) is 0 Å². The number of aldehydes is 1. The topological polar surface area (TPSA) is 52.2 Å². The van der Waals surface area contributed by atoms with E-state index < -0.39 is 21.6 Å². The molecule has 3 nitrogen and oxygen atoms in total. The highest BCUT2D eigenvalue weighted by molar-refractivity contribution is 9.10. The molecule has 2 aromatic rings. The van der Waals surface area contributed by atoms with E-state index in [9.17, 15) is 9.35 Å². The van der Waals surface area contributed by atoms with Crippen LogP contribution in [0.4, 0.5) is 0 Å². The summed E-state index contributed by atoms with van der Waals surface area (Å²) in [6.45, 7) is 7.79. The van der Waals surface area contributed by atoms with Gasteiger partial charge in [0, 0.05) is 15.8 Å². The Balaban J connectivity index is 2.52. The summed E-state index contributed by atoms with van der Waals surface area (Å²) in [6, 6.07) is 9.76. The second kappa shape index (κ2) is 7.07. The van der Waals surface area contributed by atoms with Gasteiger partial charge in [0.2, 0.25) is 0 Å². The third kappa shape index (κ3) is 4.25. The summed E-state index contributed by atoms with van der Waals surface area (Å²) in [6.07, 6.45) is 0.843. The first-order chi connectivity index (χ1) is 10.7. The van der Waals surface area contributed by atoms with Gasteiger partial charge >= 0.3 is 0 Å². The molecule has 0 spiro atoms. The van der Waals surface area contributed by atoms with Crippen LogP contribution in [0.25, 0.3) is 0 Å². The molecule has 0 aliphatic rings. The predicted molar refractivity (Wildman–Crippen MR) is 101 cm³/mol. The van der Waals surface area contributed by atoms with Gasteiger partial charge in [0.25, 0.3) is 0 Å². The van der Waals surface area contributed by atoms with E-state index in [4.69, 9.17) is 0 Å². The minimum Gasteiger partial charge on any atom is -0.598 e. The molecule has 6 heteroatoms. The molecule has 0 radical (unpaired) electrons. The van der Waals surface area contributed by atoms with Crippen LogP contribution in [0.3, 0.4) is 0 Å². The van der Waals surface area contributed by atoms with Gasteiger partial charge < -0.3 is 4.55 Å². The first-order valence-corrected chi connectivity index (χ1v) is 9.99. The van der Waals surface area contributed by atoms with Crippen LogP contribution in [0.5, 0.6) is 0 Å². The lowest BCUT2D eigenvalue weighted by Crippen LogP contribution is -2.50. The molecule has 0 saturated carbocycles. The van der Waals surface area contributed by atoms with Crippen molar-refractivity contribution in [3.63, 3.8) is 0 Å². The second-order valence-corrected chi connectivity index (χ2v) is 10.3. The van der Waals surface area contributed by atoms with Crippen LogP contribution < -0.4 is 4.72 Å². The normalized spacial score (nSPS) is 15.9. The van der Waals surface area contributed by atoms with E-state index in [1.807, 2.05) is 63.4 Å². The summed E-state index contributed by atoms with van der Waals surface area (Å²) in [5.74, 6) is 0. The summed E-state index contributed by atoms with van der Waals surface area (Å²) in [5.41, 5.74) is 1.26. The lowest BCUT2D eigenvalue weighted by molar-refractivity contribution is 0.112. The molecule has 1 aromatic heterocycles. The van der Waals surface area contributed by atoms with Crippen molar-refractivity contribution >= 4 is 44.9 Å². The van der Waals surface area contributed by atoms with Crippen molar-refractivity contribution in [2.75, 3.05) is 0 Å². The molecule has 0 saturated heterocycles. The fraction of sp³-hybridized carbons (Fsp3) is 0.353. The number of thiophene rings is 1. The van der Waals surface area contributed by atoms with Gasteiger partial charge in [-0.2, -0.15) is 0 Å². The SMILES string of the molecule is CC(C)(C)[S@+]([O-])N[C@@](C)(c1cccc(Br)c1)c1csc(C=O)c1. The number of hydrogen-bond donors (Lipinski definition) is 1. The lowest BCUT2D eigenvalue weighted by Gasteiger charge is -2.35. The number of carbonyl (C=O) groups excluding carboxylic acids is 1. The van der Waals surface area contributed by atoms with Gasteiger partial charge in [-0.3, -0.25) is 4.79 Å². The Morgan fingerprint density at radius 2 is 1.91 bits per heavy atom. The monoisotopic (exact) mass is 413 g/mol. The van der Waals surface area contributed by atoms with E-state index in [0.29, 0.717) is 4.88 Å². The molecular weight excluding hydrogens is 394 g/mol. The van der Waals surface area contributed by atoms with Crippen molar-refractivity contribution in [3.05, 3.63) is 56.2 Å². The number of carbonyl (C=O) groups is 1. The Kier molecular flexibility index (Phi) is 5.74. The quantitative estimate of drug-likeness (QED) is 0.573. The molecule has 0 amide bonds. The van der Waals surface area contributed by atoms with E-state index in [0.717, 1.165) is 21.9 Å².